The summed E-state index contributed by atoms with van der Waals surface area (Å²) < 4.78 is 10.5. The molecule has 1 aliphatic carbocycles. The average Bonchev–Trinajstić information content (AvgIpc) is 2.51. The van der Waals surface area contributed by atoms with Crippen LogP contribution in [0.15, 0.2) is 12.1 Å². The Morgan fingerprint density at radius 1 is 1.14 bits per heavy atom. The number of ether oxygens (including phenoxy) is 2. The standard InChI is InChI=1S/C17H26N2O3/c1-11-7-5-6-8-13(11)18-17(20)19-14-10-16(22-4)15(21-3)9-12(14)2/h9-11,13H,5-8H2,1-4H3,(H2,18,19,20). The highest BCUT2D eigenvalue weighted by Crippen LogP contribution is 2.33. The summed E-state index contributed by atoms with van der Waals surface area (Å²) in [6.45, 7) is 4.13. The van der Waals surface area contributed by atoms with Crippen LogP contribution in [0.4, 0.5) is 10.5 Å². The molecule has 5 heteroatoms. The first kappa shape index (κ1) is 16.5. The molecule has 2 atom stereocenters. The summed E-state index contributed by atoms with van der Waals surface area (Å²) in [6.07, 6.45) is 4.68. The van der Waals surface area contributed by atoms with Crippen molar-refractivity contribution in [1.29, 1.82) is 0 Å². The molecular formula is C17H26N2O3. The van der Waals surface area contributed by atoms with Crippen molar-refractivity contribution in [2.75, 3.05) is 19.5 Å². The van der Waals surface area contributed by atoms with Crippen LogP contribution >= 0.6 is 0 Å². The van der Waals surface area contributed by atoms with Gasteiger partial charge in [0.05, 0.1) is 14.2 Å². The summed E-state index contributed by atoms with van der Waals surface area (Å²) >= 11 is 0. The quantitative estimate of drug-likeness (QED) is 0.891. The number of methoxy groups -OCH3 is 2. The molecule has 2 unspecified atom stereocenters. The van der Waals surface area contributed by atoms with Crippen LogP contribution in [-0.2, 0) is 0 Å². The van der Waals surface area contributed by atoms with Crippen LogP contribution in [0.3, 0.4) is 0 Å². The first-order chi connectivity index (χ1) is 10.5. The van der Waals surface area contributed by atoms with Gasteiger partial charge >= 0.3 is 6.03 Å². The van der Waals surface area contributed by atoms with Crippen LogP contribution in [0.25, 0.3) is 0 Å². The molecule has 0 radical (unpaired) electrons. The van der Waals surface area contributed by atoms with Crippen molar-refractivity contribution in [3.05, 3.63) is 17.7 Å². The van der Waals surface area contributed by atoms with Crippen molar-refractivity contribution in [2.45, 2.75) is 45.6 Å². The van der Waals surface area contributed by atoms with Gasteiger partial charge in [0.25, 0.3) is 0 Å². The van der Waals surface area contributed by atoms with Crippen LogP contribution in [0.1, 0.15) is 38.2 Å². The monoisotopic (exact) mass is 306 g/mol. The molecule has 122 valence electrons. The summed E-state index contributed by atoms with van der Waals surface area (Å²) in [4.78, 5) is 12.2. The lowest BCUT2D eigenvalue weighted by Crippen LogP contribution is -2.43. The first-order valence-corrected chi connectivity index (χ1v) is 7.85. The molecular weight excluding hydrogens is 280 g/mol. The number of amides is 2. The van der Waals surface area contributed by atoms with E-state index in [1.54, 1.807) is 20.3 Å². The van der Waals surface area contributed by atoms with Gasteiger partial charge in [-0.25, -0.2) is 4.79 Å². The van der Waals surface area contributed by atoms with Gasteiger partial charge < -0.3 is 20.1 Å². The van der Waals surface area contributed by atoms with E-state index in [9.17, 15) is 4.79 Å². The van der Waals surface area contributed by atoms with Crippen LogP contribution in [-0.4, -0.2) is 26.3 Å². The zero-order valence-electron chi connectivity index (χ0n) is 13.9. The normalized spacial score (nSPS) is 21.1. The van der Waals surface area contributed by atoms with E-state index in [-0.39, 0.29) is 12.1 Å². The molecule has 0 bridgehead atoms. The number of nitrogens with one attached hydrogen (secondary N) is 2. The van der Waals surface area contributed by atoms with E-state index >= 15 is 0 Å². The number of carbonyl (C=O) groups is 1. The van der Waals surface area contributed by atoms with Gasteiger partial charge in [0.2, 0.25) is 0 Å². The highest BCUT2D eigenvalue weighted by Gasteiger charge is 2.23. The van der Waals surface area contributed by atoms with Gasteiger partial charge in [0, 0.05) is 17.8 Å². The lowest BCUT2D eigenvalue weighted by Gasteiger charge is -2.29. The van der Waals surface area contributed by atoms with Gasteiger partial charge in [-0.15, -0.1) is 0 Å². The Bertz CT molecular complexity index is 531. The highest BCUT2D eigenvalue weighted by atomic mass is 16.5. The van der Waals surface area contributed by atoms with Gasteiger partial charge in [-0.3, -0.25) is 0 Å². The van der Waals surface area contributed by atoms with Crippen molar-refractivity contribution in [3.8, 4) is 11.5 Å². The van der Waals surface area contributed by atoms with Crippen molar-refractivity contribution in [1.82, 2.24) is 5.32 Å². The number of carbonyl (C=O) groups excluding carboxylic acids is 1. The Hall–Kier alpha value is -1.91. The summed E-state index contributed by atoms with van der Waals surface area (Å²) in [5.74, 6) is 1.80. The molecule has 2 amide bonds. The maximum absolute atomic E-state index is 12.2. The minimum atomic E-state index is -0.158. The van der Waals surface area contributed by atoms with E-state index in [4.69, 9.17) is 9.47 Å². The number of anilines is 1. The number of aryl methyl sites for hydroxylation is 1. The molecule has 2 rings (SSSR count). The molecule has 22 heavy (non-hydrogen) atoms. The molecule has 1 aliphatic rings. The van der Waals surface area contributed by atoms with E-state index in [0.29, 0.717) is 17.4 Å². The van der Waals surface area contributed by atoms with E-state index in [0.717, 1.165) is 17.7 Å². The molecule has 0 aliphatic heterocycles. The third kappa shape index (κ3) is 3.84. The fraction of sp³-hybridized carbons (Fsp3) is 0.588. The molecule has 2 N–H and O–H groups in total. The molecule has 1 fully saturated rings. The Balaban J connectivity index is 2.04. The zero-order valence-corrected chi connectivity index (χ0v) is 13.9. The molecule has 1 aromatic carbocycles. The molecule has 0 spiro atoms. The lowest BCUT2D eigenvalue weighted by atomic mass is 9.86. The minimum Gasteiger partial charge on any atom is -0.493 e. The van der Waals surface area contributed by atoms with Crippen molar-refractivity contribution in [2.24, 2.45) is 5.92 Å². The molecule has 5 nitrogen and oxygen atoms in total. The third-order valence-corrected chi connectivity index (χ3v) is 4.41. The number of rotatable bonds is 4. The highest BCUT2D eigenvalue weighted by molar-refractivity contribution is 5.90. The van der Waals surface area contributed by atoms with Gasteiger partial charge in [0.15, 0.2) is 11.5 Å². The maximum Gasteiger partial charge on any atom is 0.319 e. The smallest absolute Gasteiger partial charge is 0.319 e. The molecule has 0 heterocycles. The van der Waals surface area contributed by atoms with Crippen LogP contribution in [0.5, 0.6) is 11.5 Å². The van der Waals surface area contributed by atoms with Gasteiger partial charge in [-0.05, 0) is 37.3 Å². The predicted octanol–water partition coefficient (Wildman–Crippen LogP) is 3.71. The summed E-state index contributed by atoms with van der Waals surface area (Å²) in [5.41, 5.74) is 1.67. The van der Waals surface area contributed by atoms with E-state index in [2.05, 4.69) is 17.6 Å². The Morgan fingerprint density at radius 2 is 1.77 bits per heavy atom. The lowest BCUT2D eigenvalue weighted by molar-refractivity contribution is 0.232. The number of urea groups is 1. The minimum absolute atomic E-state index is 0.158. The van der Waals surface area contributed by atoms with Crippen molar-refractivity contribution < 1.29 is 14.3 Å². The van der Waals surface area contributed by atoms with Crippen LogP contribution in [0, 0.1) is 12.8 Å². The Labute approximate surface area is 132 Å². The predicted molar refractivity (Wildman–Crippen MR) is 87.9 cm³/mol. The number of hydrogen-bond acceptors (Lipinski definition) is 3. The average molecular weight is 306 g/mol. The topological polar surface area (TPSA) is 59.6 Å². The molecule has 0 aromatic heterocycles. The van der Waals surface area contributed by atoms with E-state index in [1.165, 1.54) is 19.3 Å². The second kappa shape index (κ2) is 7.38. The summed E-state index contributed by atoms with van der Waals surface area (Å²) in [7, 11) is 3.18. The van der Waals surface area contributed by atoms with Crippen LogP contribution in [0.2, 0.25) is 0 Å². The fourth-order valence-electron chi connectivity index (χ4n) is 2.97. The zero-order chi connectivity index (χ0) is 16.1. The van der Waals surface area contributed by atoms with Gasteiger partial charge in [-0.2, -0.15) is 0 Å². The maximum atomic E-state index is 12.2. The summed E-state index contributed by atoms with van der Waals surface area (Å²) in [5, 5.41) is 6.01. The second-order valence-electron chi connectivity index (χ2n) is 5.99. The van der Waals surface area contributed by atoms with Crippen molar-refractivity contribution in [3.63, 3.8) is 0 Å². The Kier molecular flexibility index (Phi) is 5.52. The molecule has 0 saturated heterocycles. The summed E-state index contributed by atoms with van der Waals surface area (Å²) in [6, 6.07) is 3.75. The van der Waals surface area contributed by atoms with Gasteiger partial charge in [-0.1, -0.05) is 19.8 Å². The largest absolute Gasteiger partial charge is 0.493 e. The first-order valence-electron chi connectivity index (χ1n) is 7.85. The SMILES string of the molecule is COc1cc(C)c(NC(=O)NC2CCCCC2C)cc1OC. The number of benzene rings is 1. The van der Waals surface area contributed by atoms with Crippen LogP contribution < -0.4 is 20.1 Å². The van der Waals surface area contributed by atoms with E-state index < -0.39 is 0 Å². The molecule has 1 aromatic rings. The molecule has 1 saturated carbocycles. The number of hydrogen-bond donors (Lipinski definition) is 2. The van der Waals surface area contributed by atoms with Crippen molar-refractivity contribution >= 4 is 11.7 Å². The third-order valence-electron chi connectivity index (χ3n) is 4.41. The fourth-order valence-corrected chi connectivity index (χ4v) is 2.97. The van der Waals surface area contributed by atoms with E-state index in [1.807, 2.05) is 13.0 Å². The van der Waals surface area contributed by atoms with Gasteiger partial charge in [0.1, 0.15) is 0 Å². The Morgan fingerprint density at radius 3 is 2.41 bits per heavy atom. The second-order valence-corrected chi connectivity index (χ2v) is 5.99.